The van der Waals surface area contributed by atoms with Gasteiger partial charge in [0.15, 0.2) is 0 Å². The van der Waals surface area contributed by atoms with Crippen LogP contribution in [0.3, 0.4) is 0 Å². The summed E-state index contributed by atoms with van der Waals surface area (Å²) in [5.74, 6) is 0.289. The van der Waals surface area contributed by atoms with Crippen molar-refractivity contribution in [3.05, 3.63) is 78.9 Å². The first-order valence-electron chi connectivity index (χ1n) is 7.09. The van der Waals surface area contributed by atoms with Crippen LogP contribution in [0.25, 0.3) is 11.1 Å². The molecular weight excluding hydrogens is 324 g/mol. The van der Waals surface area contributed by atoms with E-state index in [2.05, 4.69) is 0 Å². The molecule has 0 bridgehead atoms. The van der Waals surface area contributed by atoms with Gasteiger partial charge < -0.3 is 10.8 Å². The fourth-order valence-corrected chi connectivity index (χ4v) is 2.53. The van der Waals surface area contributed by atoms with Crippen molar-refractivity contribution in [2.75, 3.05) is 5.73 Å². The van der Waals surface area contributed by atoms with E-state index in [0.717, 1.165) is 16.8 Å². The average molecular weight is 342 g/mol. The molecule has 3 aromatic rings. The van der Waals surface area contributed by atoms with E-state index in [1.165, 1.54) is 12.1 Å². The first-order chi connectivity index (χ1) is 11.4. The topological polar surface area (TPSA) is 106 Å². The summed E-state index contributed by atoms with van der Waals surface area (Å²) in [6, 6.07) is 22.6. The minimum atomic E-state index is -3.50. The molecule has 6 heteroatoms. The maximum absolute atomic E-state index is 10.6. The van der Waals surface area contributed by atoms with Gasteiger partial charge in [0, 0.05) is 11.3 Å². The zero-order chi connectivity index (χ0) is 17.6. The predicted molar refractivity (Wildman–Crippen MR) is 95.8 cm³/mol. The third kappa shape index (κ3) is 4.84. The van der Waals surface area contributed by atoms with Crippen LogP contribution in [0.1, 0.15) is 0 Å². The Labute approximate surface area is 141 Å². The lowest BCUT2D eigenvalue weighted by Crippen LogP contribution is -2.11. The molecule has 5 nitrogen and oxygen atoms in total. The molecule has 0 heterocycles. The Kier molecular flexibility index (Phi) is 5.57. The Balaban J connectivity index is 0.000000185. The van der Waals surface area contributed by atoms with Crippen LogP contribution in [-0.4, -0.2) is 13.5 Å². The van der Waals surface area contributed by atoms with Crippen molar-refractivity contribution in [2.45, 2.75) is 4.90 Å². The van der Waals surface area contributed by atoms with Crippen LogP contribution in [0, 0.1) is 0 Å². The molecule has 5 N–H and O–H groups in total. The van der Waals surface area contributed by atoms with E-state index < -0.39 is 10.0 Å². The highest BCUT2D eigenvalue weighted by Gasteiger charge is 2.03. The monoisotopic (exact) mass is 342 g/mol. The zero-order valence-corrected chi connectivity index (χ0v) is 13.6. The number of nitrogen functional groups attached to an aromatic ring is 1. The largest absolute Gasteiger partial charge is 0.507 e. The van der Waals surface area contributed by atoms with Gasteiger partial charge in [-0.3, -0.25) is 0 Å². The number of hydrogen-bond acceptors (Lipinski definition) is 4. The molecule has 0 spiro atoms. The van der Waals surface area contributed by atoms with Crippen molar-refractivity contribution in [3.63, 3.8) is 0 Å². The molecule has 0 aliphatic rings. The van der Waals surface area contributed by atoms with Crippen molar-refractivity contribution >= 4 is 15.7 Å². The molecule has 0 atom stereocenters. The van der Waals surface area contributed by atoms with Crippen molar-refractivity contribution in [1.29, 1.82) is 0 Å². The highest BCUT2D eigenvalue weighted by Crippen LogP contribution is 2.28. The van der Waals surface area contributed by atoms with Crippen LogP contribution in [0.5, 0.6) is 5.75 Å². The average Bonchev–Trinajstić information content (AvgIpc) is 2.57. The molecule has 0 unspecified atom stereocenters. The van der Waals surface area contributed by atoms with E-state index >= 15 is 0 Å². The van der Waals surface area contributed by atoms with Crippen LogP contribution < -0.4 is 10.9 Å². The summed E-state index contributed by atoms with van der Waals surface area (Å²) >= 11 is 0. The smallest absolute Gasteiger partial charge is 0.238 e. The second-order valence-electron chi connectivity index (χ2n) is 5.00. The minimum Gasteiger partial charge on any atom is -0.507 e. The summed E-state index contributed by atoms with van der Waals surface area (Å²) in [6.45, 7) is 0. The molecule has 0 amide bonds. The van der Waals surface area contributed by atoms with Crippen LogP contribution >= 0.6 is 0 Å². The number of nitrogens with two attached hydrogens (primary N) is 2. The fraction of sp³-hybridized carbons (Fsp3) is 0. The molecule has 24 heavy (non-hydrogen) atoms. The SMILES string of the molecule is NS(=O)(=O)c1ccccc1.Nc1ccc(-c2ccccc2O)cc1. The molecule has 0 saturated carbocycles. The highest BCUT2D eigenvalue weighted by molar-refractivity contribution is 7.89. The highest BCUT2D eigenvalue weighted by atomic mass is 32.2. The van der Waals surface area contributed by atoms with Gasteiger partial charge in [0.2, 0.25) is 10.0 Å². The number of hydrogen-bond donors (Lipinski definition) is 3. The number of anilines is 1. The molecule has 0 radical (unpaired) electrons. The third-order valence-electron chi connectivity index (χ3n) is 3.20. The predicted octanol–water partition coefficient (Wildman–Crippen LogP) is 2.98. The van der Waals surface area contributed by atoms with E-state index in [9.17, 15) is 13.5 Å². The Hall–Kier alpha value is -2.83. The summed E-state index contributed by atoms with van der Waals surface area (Å²) in [6.07, 6.45) is 0. The molecule has 0 aliphatic carbocycles. The quantitative estimate of drug-likeness (QED) is 0.622. The summed E-state index contributed by atoms with van der Waals surface area (Å²) in [5, 5.41) is 14.4. The Morgan fingerprint density at radius 2 is 1.29 bits per heavy atom. The van der Waals surface area contributed by atoms with Crippen molar-refractivity contribution < 1.29 is 13.5 Å². The zero-order valence-electron chi connectivity index (χ0n) is 12.8. The first-order valence-corrected chi connectivity index (χ1v) is 8.64. The molecule has 0 saturated heterocycles. The molecule has 3 aromatic carbocycles. The van der Waals surface area contributed by atoms with Crippen LogP contribution in [0.4, 0.5) is 5.69 Å². The lowest BCUT2D eigenvalue weighted by molar-refractivity contribution is 0.477. The van der Waals surface area contributed by atoms with Crippen LogP contribution in [-0.2, 0) is 10.0 Å². The Bertz CT molecular complexity index is 893. The minimum absolute atomic E-state index is 0.148. The molecule has 0 fully saturated rings. The number of primary sulfonamides is 1. The van der Waals surface area contributed by atoms with Gasteiger partial charge in [-0.2, -0.15) is 0 Å². The number of para-hydroxylation sites is 1. The van der Waals surface area contributed by atoms with Gasteiger partial charge >= 0.3 is 0 Å². The summed E-state index contributed by atoms with van der Waals surface area (Å²) in [4.78, 5) is 0.148. The van der Waals surface area contributed by atoms with E-state index in [1.807, 2.05) is 36.4 Å². The van der Waals surface area contributed by atoms with Crippen LogP contribution in [0.15, 0.2) is 83.8 Å². The Morgan fingerprint density at radius 3 is 1.79 bits per heavy atom. The van der Waals surface area contributed by atoms with E-state index in [0.29, 0.717) is 0 Å². The fourth-order valence-electron chi connectivity index (χ4n) is 1.99. The van der Waals surface area contributed by atoms with Gasteiger partial charge in [0.25, 0.3) is 0 Å². The third-order valence-corrected chi connectivity index (χ3v) is 4.13. The maximum atomic E-state index is 10.6. The van der Waals surface area contributed by atoms with E-state index in [-0.39, 0.29) is 10.6 Å². The van der Waals surface area contributed by atoms with Gasteiger partial charge in [-0.1, -0.05) is 48.5 Å². The van der Waals surface area contributed by atoms with Gasteiger partial charge in [-0.05, 0) is 35.9 Å². The number of aromatic hydroxyl groups is 1. The maximum Gasteiger partial charge on any atom is 0.238 e. The first kappa shape index (κ1) is 17.5. The van der Waals surface area contributed by atoms with E-state index in [4.69, 9.17) is 10.9 Å². The summed E-state index contributed by atoms with van der Waals surface area (Å²) in [5.41, 5.74) is 8.10. The van der Waals surface area contributed by atoms with Crippen molar-refractivity contribution in [3.8, 4) is 16.9 Å². The van der Waals surface area contributed by atoms with Gasteiger partial charge in [-0.25, -0.2) is 13.6 Å². The second kappa shape index (κ2) is 7.63. The van der Waals surface area contributed by atoms with Gasteiger partial charge in [0.05, 0.1) is 4.90 Å². The number of rotatable bonds is 2. The molecule has 124 valence electrons. The standard InChI is InChI=1S/C12H11NO.C6H7NO2S/c13-10-7-5-9(6-8-10)11-3-1-2-4-12(11)14;7-10(8,9)6-4-2-1-3-5-6/h1-8,14H,13H2;1-5H,(H2,7,8,9). The van der Waals surface area contributed by atoms with Gasteiger partial charge in [0.1, 0.15) is 5.75 Å². The molecule has 0 aliphatic heterocycles. The lowest BCUT2D eigenvalue weighted by Gasteiger charge is -2.04. The molecule has 0 aromatic heterocycles. The number of sulfonamides is 1. The summed E-state index contributed by atoms with van der Waals surface area (Å²) in [7, 11) is -3.50. The normalized spacial score (nSPS) is 10.5. The van der Waals surface area contributed by atoms with Crippen molar-refractivity contribution in [2.24, 2.45) is 5.14 Å². The number of phenolic OH excluding ortho intramolecular Hbond substituents is 1. The second-order valence-corrected chi connectivity index (χ2v) is 6.56. The Morgan fingerprint density at radius 1 is 0.750 bits per heavy atom. The van der Waals surface area contributed by atoms with Crippen LogP contribution in [0.2, 0.25) is 0 Å². The lowest BCUT2D eigenvalue weighted by atomic mass is 10.0. The summed E-state index contributed by atoms with van der Waals surface area (Å²) < 4.78 is 21.2. The van der Waals surface area contributed by atoms with Crippen molar-refractivity contribution in [1.82, 2.24) is 0 Å². The van der Waals surface area contributed by atoms with E-state index in [1.54, 1.807) is 30.3 Å². The molecule has 3 rings (SSSR count). The van der Waals surface area contributed by atoms with Gasteiger partial charge in [-0.15, -0.1) is 0 Å². The number of phenols is 1. The number of benzene rings is 3. The molecular formula is C18H18N2O3S.